The molecule has 0 aliphatic carbocycles. The van der Waals surface area contributed by atoms with E-state index in [4.69, 9.17) is 0 Å². The maximum Gasteiger partial charge on any atom is 0.310 e. The van der Waals surface area contributed by atoms with Gasteiger partial charge in [0.2, 0.25) is 5.91 Å². The Morgan fingerprint density at radius 3 is 2.53 bits per heavy atom. The van der Waals surface area contributed by atoms with Crippen LogP contribution < -0.4 is 0 Å². The minimum Gasteiger partial charge on any atom is -0.469 e. The molecule has 1 rings (SSSR count). The molecule has 19 heavy (non-hydrogen) atoms. The van der Waals surface area contributed by atoms with E-state index in [0.29, 0.717) is 13.0 Å². The lowest BCUT2D eigenvalue weighted by atomic mass is 10.1. The highest BCUT2D eigenvalue weighted by molar-refractivity contribution is 5.80. The molecule has 1 aromatic heterocycles. The van der Waals surface area contributed by atoms with Crippen molar-refractivity contribution in [3.8, 4) is 0 Å². The predicted octanol–water partition coefficient (Wildman–Crippen LogP) is 0.837. The van der Waals surface area contributed by atoms with E-state index in [0.717, 1.165) is 17.0 Å². The fourth-order valence-electron chi connectivity index (χ4n) is 1.91. The number of carbonyl (C=O) groups is 2. The van der Waals surface area contributed by atoms with Crippen LogP contribution in [0.25, 0.3) is 0 Å². The summed E-state index contributed by atoms with van der Waals surface area (Å²) in [6, 6.07) is 0. The Hall–Kier alpha value is -1.85. The number of aromatic amines is 1. The van der Waals surface area contributed by atoms with E-state index < -0.39 is 0 Å². The summed E-state index contributed by atoms with van der Waals surface area (Å²) in [6.45, 7) is 5.84. The number of hydrogen-bond acceptors (Lipinski definition) is 4. The molecule has 0 radical (unpaired) electrons. The van der Waals surface area contributed by atoms with Crippen LogP contribution in [0.4, 0.5) is 0 Å². The fourth-order valence-corrected chi connectivity index (χ4v) is 1.91. The van der Waals surface area contributed by atoms with Crippen molar-refractivity contribution in [3.05, 3.63) is 17.0 Å². The Morgan fingerprint density at radius 2 is 2.05 bits per heavy atom. The predicted molar refractivity (Wildman–Crippen MR) is 70.6 cm³/mol. The standard InChI is InChI=1S/C13H21N3O3/c1-8(13(18)19-5)7-16(4)12(17)6-11-9(2)14-15-10(11)3/h8H,6-7H2,1-5H3,(H,14,15). The normalized spacial score (nSPS) is 12.1. The van der Waals surface area contributed by atoms with Gasteiger partial charge in [-0.25, -0.2) is 0 Å². The highest BCUT2D eigenvalue weighted by Crippen LogP contribution is 2.12. The first-order chi connectivity index (χ1) is 8.86. The van der Waals surface area contributed by atoms with Crippen LogP contribution in [-0.2, 0) is 20.7 Å². The molecule has 0 saturated carbocycles. The zero-order valence-electron chi connectivity index (χ0n) is 12.1. The molecule has 1 aromatic rings. The average molecular weight is 267 g/mol. The first-order valence-electron chi connectivity index (χ1n) is 6.19. The van der Waals surface area contributed by atoms with Crippen LogP contribution in [-0.4, -0.2) is 47.7 Å². The number of aromatic nitrogens is 2. The van der Waals surface area contributed by atoms with Gasteiger partial charge in [0.25, 0.3) is 0 Å². The topological polar surface area (TPSA) is 75.3 Å². The third-order valence-electron chi connectivity index (χ3n) is 3.19. The first kappa shape index (κ1) is 15.2. The lowest BCUT2D eigenvalue weighted by Crippen LogP contribution is -2.35. The number of nitrogens with zero attached hydrogens (tertiary/aromatic N) is 2. The molecule has 0 aromatic carbocycles. The Labute approximate surface area is 113 Å². The van der Waals surface area contributed by atoms with E-state index in [2.05, 4.69) is 14.9 Å². The van der Waals surface area contributed by atoms with Gasteiger partial charge in [-0.3, -0.25) is 14.7 Å². The number of esters is 1. The Kier molecular flexibility index (Phi) is 5.09. The van der Waals surface area contributed by atoms with E-state index in [9.17, 15) is 9.59 Å². The van der Waals surface area contributed by atoms with Crippen LogP contribution in [0.5, 0.6) is 0 Å². The fraction of sp³-hybridized carbons (Fsp3) is 0.615. The molecule has 106 valence electrons. The molecule has 6 heteroatoms. The Bertz CT molecular complexity index is 448. The molecule has 1 atom stereocenters. The number of hydrogen-bond donors (Lipinski definition) is 1. The van der Waals surface area contributed by atoms with E-state index >= 15 is 0 Å². The van der Waals surface area contributed by atoms with E-state index in [1.165, 1.54) is 7.11 Å². The molecule has 1 unspecified atom stereocenters. The monoisotopic (exact) mass is 267 g/mol. The van der Waals surface area contributed by atoms with Crippen molar-refractivity contribution in [2.75, 3.05) is 20.7 Å². The molecule has 1 amide bonds. The van der Waals surface area contributed by atoms with Crippen molar-refractivity contribution in [2.24, 2.45) is 5.92 Å². The zero-order chi connectivity index (χ0) is 14.6. The van der Waals surface area contributed by atoms with Gasteiger partial charge >= 0.3 is 5.97 Å². The number of nitrogens with one attached hydrogen (secondary N) is 1. The highest BCUT2D eigenvalue weighted by atomic mass is 16.5. The number of amides is 1. The third-order valence-corrected chi connectivity index (χ3v) is 3.19. The minimum atomic E-state index is -0.328. The summed E-state index contributed by atoms with van der Waals surface area (Å²) in [5.74, 6) is -0.677. The summed E-state index contributed by atoms with van der Waals surface area (Å²) in [7, 11) is 3.03. The van der Waals surface area contributed by atoms with Crippen LogP contribution in [0.1, 0.15) is 23.9 Å². The van der Waals surface area contributed by atoms with Gasteiger partial charge in [0.05, 0.1) is 25.1 Å². The Morgan fingerprint density at radius 1 is 1.42 bits per heavy atom. The van der Waals surface area contributed by atoms with Crippen molar-refractivity contribution in [1.82, 2.24) is 15.1 Å². The highest BCUT2D eigenvalue weighted by Gasteiger charge is 2.20. The summed E-state index contributed by atoms with van der Waals surface area (Å²) in [4.78, 5) is 25.0. The van der Waals surface area contributed by atoms with Crippen LogP contribution in [0.2, 0.25) is 0 Å². The van der Waals surface area contributed by atoms with Gasteiger partial charge in [0.1, 0.15) is 0 Å². The van der Waals surface area contributed by atoms with Gasteiger partial charge < -0.3 is 9.64 Å². The maximum absolute atomic E-state index is 12.1. The number of methoxy groups -OCH3 is 1. The molecular weight excluding hydrogens is 246 g/mol. The van der Waals surface area contributed by atoms with Crippen molar-refractivity contribution < 1.29 is 14.3 Å². The minimum absolute atomic E-state index is 0.0386. The number of aryl methyl sites for hydroxylation is 2. The van der Waals surface area contributed by atoms with Crippen LogP contribution in [0, 0.1) is 19.8 Å². The summed E-state index contributed by atoms with van der Waals surface area (Å²) in [5, 5.41) is 6.92. The number of rotatable bonds is 5. The van der Waals surface area contributed by atoms with E-state index in [1.807, 2.05) is 13.8 Å². The molecule has 1 N–H and O–H groups in total. The smallest absolute Gasteiger partial charge is 0.310 e. The van der Waals surface area contributed by atoms with Crippen LogP contribution in [0.15, 0.2) is 0 Å². The summed E-state index contributed by atoms with van der Waals surface area (Å²) < 4.78 is 4.64. The maximum atomic E-state index is 12.1. The lowest BCUT2D eigenvalue weighted by molar-refractivity contribution is -0.146. The zero-order valence-corrected chi connectivity index (χ0v) is 12.1. The molecule has 0 spiro atoms. The number of H-pyrrole nitrogens is 1. The second-order valence-electron chi connectivity index (χ2n) is 4.79. The van der Waals surface area contributed by atoms with Gasteiger partial charge in [-0.1, -0.05) is 6.92 Å². The summed E-state index contributed by atoms with van der Waals surface area (Å²) in [5.41, 5.74) is 2.66. The number of likely N-dealkylation sites (N-methyl/N-ethyl adjacent to an activating group) is 1. The molecule has 0 bridgehead atoms. The third kappa shape index (κ3) is 3.81. The van der Waals surface area contributed by atoms with Gasteiger partial charge in [-0.15, -0.1) is 0 Å². The molecule has 0 saturated heterocycles. The van der Waals surface area contributed by atoms with Gasteiger partial charge in [-0.05, 0) is 13.8 Å². The second kappa shape index (κ2) is 6.36. The van der Waals surface area contributed by atoms with Crippen LogP contribution >= 0.6 is 0 Å². The SMILES string of the molecule is COC(=O)C(C)CN(C)C(=O)Cc1c(C)n[nH]c1C. The first-order valence-corrected chi connectivity index (χ1v) is 6.19. The van der Waals surface area contributed by atoms with Crippen molar-refractivity contribution in [1.29, 1.82) is 0 Å². The van der Waals surface area contributed by atoms with E-state index in [1.54, 1.807) is 18.9 Å². The van der Waals surface area contributed by atoms with Gasteiger partial charge in [0, 0.05) is 24.8 Å². The molecule has 6 nitrogen and oxygen atoms in total. The molecule has 0 aliphatic rings. The molecule has 1 heterocycles. The molecule has 0 fully saturated rings. The Balaban J connectivity index is 2.61. The molecular formula is C13H21N3O3. The van der Waals surface area contributed by atoms with Crippen molar-refractivity contribution in [3.63, 3.8) is 0 Å². The van der Waals surface area contributed by atoms with E-state index in [-0.39, 0.29) is 17.8 Å². The lowest BCUT2D eigenvalue weighted by Gasteiger charge is -2.20. The van der Waals surface area contributed by atoms with Crippen molar-refractivity contribution in [2.45, 2.75) is 27.2 Å². The van der Waals surface area contributed by atoms with Gasteiger partial charge in [0.15, 0.2) is 0 Å². The quantitative estimate of drug-likeness (QED) is 0.802. The summed E-state index contributed by atoms with van der Waals surface area (Å²) >= 11 is 0. The van der Waals surface area contributed by atoms with Crippen LogP contribution in [0.3, 0.4) is 0 Å². The average Bonchev–Trinajstić information content (AvgIpc) is 2.69. The van der Waals surface area contributed by atoms with Crippen molar-refractivity contribution >= 4 is 11.9 Å². The van der Waals surface area contributed by atoms with Gasteiger partial charge in [-0.2, -0.15) is 5.10 Å². The second-order valence-corrected chi connectivity index (χ2v) is 4.79. The summed E-state index contributed by atoms with van der Waals surface area (Å²) in [6.07, 6.45) is 0.290. The number of carbonyl (C=O) groups excluding carboxylic acids is 2. The number of ether oxygens (including phenoxy) is 1. The molecule has 0 aliphatic heterocycles. The largest absolute Gasteiger partial charge is 0.469 e.